The third kappa shape index (κ3) is 3.41. The van der Waals surface area contributed by atoms with Crippen molar-refractivity contribution in [1.29, 1.82) is 0 Å². The van der Waals surface area contributed by atoms with E-state index in [9.17, 15) is 17.2 Å². The SMILES string of the molecule is Cn1c(CN2CCN(S(=O)(=O)c3ccc(F)cc3F)CC2)nc2ccccc21. The van der Waals surface area contributed by atoms with Crippen molar-refractivity contribution in [2.24, 2.45) is 7.05 Å². The summed E-state index contributed by atoms with van der Waals surface area (Å²) in [6.45, 7) is 2.09. The van der Waals surface area contributed by atoms with Crippen LogP contribution in [0.4, 0.5) is 8.78 Å². The minimum absolute atomic E-state index is 0.239. The molecule has 0 saturated carbocycles. The second kappa shape index (κ2) is 7.23. The normalized spacial score (nSPS) is 16.7. The topological polar surface area (TPSA) is 58.4 Å². The molecule has 1 aliphatic heterocycles. The molecule has 0 spiro atoms. The molecule has 0 aliphatic carbocycles. The first-order chi connectivity index (χ1) is 13.4. The summed E-state index contributed by atoms with van der Waals surface area (Å²) in [5.74, 6) is -0.965. The van der Waals surface area contributed by atoms with Gasteiger partial charge in [0.05, 0.1) is 17.6 Å². The van der Waals surface area contributed by atoms with E-state index in [2.05, 4.69) is 9.88 Å². The van der Waals surface area contributed by atoms with Gasteiger partial charge in [-0.25, -0.2) is 22.2 Å². The highest BCUT2D eigenvalue weighted by atomic mass is 32.2. The standard InChI is InChI=1S/C19H20F2N4O2S/c1-23-17-5-3-2-4-16(17)22-19(23)13-24-8-10-25(11-9-24)28(26,27)18-7-6-14(20)12-15(18)21/h2-7,12H,8-11,13H2,1H3. The molecule has 0 bridgehead atoms. The smallest absolute Gasteiger partial charge is 0.246 e. The number of aryl methyl sites for hydroxylation is 1. The Hall–Kier alpha value is -2.36. The Morgan fingerprint density at radius 1 is 1.04 bits per heavy atom. The van der Waals surface area contributed by atoms with Gasteiger partial charge < -0.3 is 4.57 Å². The van der Waals surface area contributed by atoms with Crippen molar-refractivity contribution in [2.75, 3.05) is 26.2 Å². The highest BCUT2D eigenvalue weighted by Crippen LogP contribution is 2.22. The maximum Gasteiger partial charge on any atom is 0.246 e. The van der Waals surface area contributed by atoms with Crippen LogP contribution in [0.5, 0.6) is 0 Å². The third-order valence-corrected chi connectivity index (χ3v) is 7.02. The molecule has 0 amide bonds. The molecule has 1 saturated heterocycles. The van der Waals surface area contributed by atoms with Crippen LogP contribution < -0.4 is 0 Å². The van der Waals surface area contributed by atoms with Crippen LogP contribution in [-0.4, -0.2) is 53.4 Å². The van der Waals surface area contributed by atoms with Gasteiger partial charge in [-0.05, 0) is 24.3 Å². The number of hydrogen-bond acceptors (Lipinski definition) is 4. The van der Waals surface area contributed by atoms with E-state index in [1.807, 2.05) is 35.9 Å². The predicted molar refractivity (Wildman–Crippen MR) is 101 cm³/mol. The molecule has 4 rings (SSSR count). The Morgan fingerprint density at radius 3 is 2.43 bits per heavy atom. The summed E-state index contributed by atoms with van der Waals surface area (Å²) in [7, 11) is -2.03. The van der Waals surface area contributed by atoms with Crippen LogP contribution in [-0.2, 0) is 23.6 Å². The highest BCUT2D eigenvalue weighted by molar-refractivity contribution is 7.89. The van der Waals surface area contributed by atoms with Crippen LogP contribution in [0.3, 0.4) is 0 Å². The Morgan fingerprint density at radius 2 is 1.75 bits per heavy atom. The van der Waals surface area contributed by atoms with Crippen molar-refractivity contribution in [1.82, 2.24) is 18.8 Å². The van der Waals surface area contributed by atoms with E-state index in [1.165, 1.54) is 4.31 Å². The first-order valence-electron chi connectivity index (χ1n) is 8.94. The second-order valence-electron chi connectivity index (χ2n) is 6.83. The van der Waals surface area contributed by atoms with E-state index in [0.717, 1.165) is 29.0 Å². The van der Waals surface area contributed by atoms with Crippen LogP contribution in [0, 0.1) is 11.6 Å². The maximum absolute atomic E-state index is 13.9. The van der Waals surface area contributed by atoms with Crippen LogP contribution >= 0.6 is 0 Å². The molecule has 9 heteroatoms. The molecule has 148 valence electrons. The van der Waals surface area contributed by atoms with E-state index in [-0.39, 0.29) is 13.1 Å². The van der Waals surface area contributed by atoms with Crippen molar-refractivity contribution in [3.63, 3.8) is 0 Å². The van der Waals surface area contributed by atoms with Gasteiger partial charge in [0, 0.05) is 39.3 Å². The molecule has 0 N–H and O–H groups in total. The van der Waals surface area contributed by atoms with Gasteiger partial charge >= 0.3 is 0 Å². The number of imidazole rings is 1. The first kappa shape index (κ1) is 19.0. The van der Waals surface area contributed by atoms with Crippen LogP contribution in [0.15, 0.2) is 47.4 Å². The first-order valence-corrected chi connectivity index (χ1v) is 10.4. The molecule has 0 unspecified atom stereocenters. The molecule has 28 heavy (non-hydrogen) atoms. The van der Waals surface area contributed by atoms with E-state index in [4.69, 9.17) is 0 Å². The number of para-hydroxylation sites is 2. The van der Waals surface area contributed by atoms with Gasteiger partial charge in [-0.15, -0.1) is 0 Å². The molecule has 6 nitrogen and oxygen atoms in total. The van der Waals surface area contributed by atoms with E-state index in [0.29, 0.717) is 25.7 Å². The lowest BCUT2D eigenvalue weighted by Crippen LogP contribution is -2.48. The summed E-state index contributed by atoms with van der Waals surface area (Å²) < 4.78 is 55.7. The molecule has 1 fully saturated rings. The van der Waals surface area contributed by atoms with Crippen LogP contribution in [0.2, 0.25) is 0 Å². The van der Waals surface area contributed by atoms with Gasteiger partial charge in [0.1, 0.15) is 22.4 Å². The summed E-state index contributed by atoms with van der Waals surface area (Å²) in [6, 6.07) is 10.4. The van der Waals surface area contributed by atoms with Crippen molar-refractivity contribution in [2.45, 2.75) is 11.4 Å². The Balaban J connectivity index is 1.46. The van der Waals surface area contributed by atoms with Crippen LogP contribution in [0.25, 0.3) is 11.0 Å². The molecule has 3 aromatic rings. The predicted octanol–water partition coefficient (Wildman–Crippen LogP) is 2.36. The van der Waals surface area contributed by atoms with E-state index in [1.54, 1.807) is 0 Å². The fourth-order valence-corrected chi connectivity index (χ4v) is 4.96. The number of hydrogen-bond donors (Lipinski definition) is 0. The zero-order valence-corrected chi connectivity index (χ0v) is 16.2. The molecule has 1 aromatic heterocycles. The Bertz CT molecular complexity index is 1120. The Labute approximate surface area is 162 Å². The fraction of sp³-hybridized carbons (Fsp3) is 0.316. The number of benzene rings is 2. The molecular formula is C19H20F2N4O2S. The Kier molecular flexibility index (Phi) is 4.90. The molecule has 1 aliphatic rings. The molecule has 0 radical (unpaired) electrons. The zero-order chi connectivity index (χ0) is 19.9. The average Bonchev–Trinajstić information content (AvgIpc) is 2.98. The van der Waals surface area contributed by atoms with Gasteiger partial charge in [-0.3, -0.25) is 4.90 Å². The summed E-state index contributed by atoms with van der Waals surface area (Å²) in [4.78, 5) is 6.28. The number of aromatic nitrogens is 2. The summed E-state index contributed by atoms with van der Waals surface area (Å²) >= 11 is 0. The molecule has 2 aromatic carbocycles. The van der Waals surface area contributed by atoms with Gasteiger partial charge in [-0.2, -0.15) is 4.31 Å². The van der Waals surface area contributed by atoms with Crippen molar-refractivity contribution in [3.05, 3.63) is 59.9 Å². The molecular weight excluding hydrogens is 386 g/mol. The molecule has 2 heterocycles. The van der Waals surface area contributed by atoms with Crippen molar-refractivity contribution in [3.8, 4) is 0 Å². The molecule has 0 atom stereocenters. The van der Waals surface area contributed by atoms with Gasteiger partial charge in [0.15, 0.2) is 0 Å². The van der Waals surface area contributed by atoms with Gasteiger partial charge in [0.25, 0.3) is 0 Å². The van der Waals surface area contributed by atoms with Crippen molar-refractivity contribution < 1.29 is 17.2 Å². The number of fused-ring (bicyclic) bond motifs is 1. The van der Waals surface area contributed by atoms with Crippen LogP contribution in [0.1, 0.15) is 5.82 Å². The highest BCUT2D eigenvalue weighted by Gasteiger charge is 2.31. The lowest BCUT2D eigenvalue weighted by atomic mass is 10.3. The minimum Gasteiger partial charge on any atom is -0.330 e. The number of halogens is 2. The third-order valence-electron chi connectivity index (χ3n) is 5.09. The zero-order valence-electron chi connectivity index (χ0n) is 15.3. The monoisotopic (exact) mass is 406 g/mol. The minimum atomic E-state index is -3.99. The van der Waals surface area contributed by atoms with E-state index < -0.39 is 26.6 Å². The second-order valence-corrected chi connectivity index (χ2v) is 8.74. The van der Waals surface area contributed by atoms with Gasteiger partial charge in [-0.1, -0.05) is 12.1 Å². The summed E-state index contributed by atoms with van der Waals surface area (Å²) in [6.07, 6.45) is 0. The quantitative estimate of drug-likeness (QED) is 0.668. The fourth-order valence-electron chi connectivity index (χ4n) is 3.49. The average molecular weight is 406 g/mol. The van der Waals surface area contributed by atoms with E-state index >= 15 is 0 Å². The summed E-state index contributed by atoms with van der Waals surface area (Å²) in [5, 5.41) is 0. The number of nitrogens with zero attached hydrogens (tertiary/aromatic N) is 4. The number of rotatable bonds is 4. The maximum atomic E-state index is 13.9. The number of piperazine rings is 1. The van der Waals surface area contributed by atoms with Crippen molar-refractivity contribution >= 4 is 21.1 Å². The lowest BCUT2D eigenvalue weighted by molar-refractivity contribution is 0.177. The lowest BCUT2D eigenvalue weighted by Gasteiger charge is -2.33. The van der Waals surface area contributed by atoms with Gasteiger partial charge in [0.2, 0.25) is 10.0 Å². The number of sulfonamides is 1. The summed E-state index contributed by atoms with van der Waals surface area (Å²) in [5.41, 5.74) is 1.97. The largest absolute Gasteiger partial charge is 0.330 e.